The zero-order valence-electron chi connectivity index (χ0n) is 20.4. The highest BCUT2D eigenvalue weighted by Gasteiger charge is 2.19. The summed E-state index contributed by atoms with van der Waals surface area (Å²) in [6.45, 7) is 4.33. The minimum absolute atomic E-state index is 0.0136. The number of esters is 1. The second-order valence-electron chi connectivity index (χ2n) is 8.79. The lowest BCUT2D eigenvalue weighted by atomic mass is 9.98. The van der Waals surface area contributed by atoms with Crippen molar-refractivity contribution < 1.29 is 19.4 Å². The second kappa shape index (κ2) is 13.1. The molecule has 0 spiro atoms. The molecule has 0 aliphatic heterocycles. The summed E-state index contributed by atoms with van der Waals surface area (Å²) >= 11 is 6.48. The third-order valence-corrected chi connectivity index (χ3v) is 6.49. The fraction of sp³-hybridized carbons (Fsp3) is 0.333. The Balaban J connectivity index is 1.86. The lowest BCUT2D eigenvalue weighted by Crippen LogP contribution is -2.23. The largest absolute Gasteiger partial charge is 0.545 e. The zero-order valence-corrected chi connectivity index (χ0v) is 21.2. The minimum atomic E-state index is -1.39. The molecular formula is C30H32ClO4-. The molecular weight excluding hydrogens is 460 g/mol. The van der Waals surface area contributed by atoms with E-state index >= 15 is 0 Å². The van der Waals surface area contributed by atoms with Crippen molar-refractivity contribution in [2.24, 2.45) is 0 Å². The van der Waals surface area contributed by atoms with Crippen molar-refractivity contribution in [2.45, 2.75) is 65.2 Å². The maximum absolute atomic E-state index is 12.9. The van der Waals surface area contributed by atoms with Crippen LogP contribution >= 0.6 is 11.6 Å². The van der Waals surface area contributed by atoms with Crippen LogP contribution in [-0.4, -0.2) is 11.9 Å². The van der Waals surface area contributed by atoms with Gasteiger partial charge in [0.05, 0.1) is 16.6 Å². The van der Waals surface area contributed by atoms with E-state index in [4.69, 9.17) is 16.3 Å². The van der Waals surface area contributed by atoms with Gasteiger partial charge in [-0.25, -0.2) is 4.79 Å². The van der Waals surface area contributed by atoms with Gasteiger partial charge in [-0.05, 0) is 66.6 Å². The number of carboxylic acids is 1. The van der Waals surface area contributed by atoms with Crippen LogP contribution in [0.25, 0.3) is 11.1 Å². The number of carbonyl (C=O) groups excluding carboxylic acids is 2. The van der Waals surface area contributed by atoms with Crippen LogP contribution in [0.15, 0.2) is 60.7 Å². The van der Waals surface area contributed by atoms with Crippen molar-refractivity contribution >= 4 is 23.5 Å². The van der Waals surface area contributed by atoms with Crippen molar-refractivity contribution in [1.82, 2.24) is 0 Å². The van der Waals surface area contributed by atoms with Gasteiger partial charge in [-0.3, -0.25) is 0 Å². The normalized spacial score (nSPS) is 10.8. The van der Waals surface area contributed by atoms with Crippen molar-refractivity contribution in [3.63, 3.8) is 0 Å². The number of carbonyl (C=O) groups is 2. The van der Waals surface area contributed by atoms with E-state index in [1.54, 1.807) is 12.1 Å². The molecule has 0 aromatic heterocycles. The van der Waals surface area contributed by atoms with Crippen LogP contribution in [-0.2, 0) is 12.8 Å². The highest BCUT2D eigenvalue weighted by Crippen LogP contribution is 2.39. The molecule has 0 aliphatic carbocycles. The molecule has 0 radical (unpaired) electrons. The molecule has 0 atom stereocenters. The van der Waals surface area contributed by atoms with Gasteiger partial charge >= 0.3 is 5.97 Å². The summed E-state index contributed by atoms with van der Waals surface area (Å²) in [5.41, 5.74) is 3.67. The first-order valence-electron chi connectivity index (χ1n) is 12.4. The van der Waals surface area contributed by atoms with E-state index in [9.17, 15) is 14.7 Å². The van der Waals surface area contributed by atoms with Crippen LogP contribution in [0, 0.1) is 0 Å². The van der Waals surface area contributed by atoms with E-state index in [1.807, 2.05) is 36.4 Å². The van der Waals surface area contributed by atoms with E-state index in [0.717, 1.165) is 38.5 Å². The Morgan fingerprint density at radius 2 is 1.31 bits per heavy atom. The van der Waals surface area contributed by atoms with Crippen molar-refractivity contribution in [3.05, 3.63) is 87.9 Å². The average Bonchev–Trinajstić information content (AvgIpc) is 2.85. The number of halogens is 1. The lowest BCUT2D eigenvalue weighted by Gasteiger charge is -2.16. The molecule has 3 aromatic rings. The molecule has 0 N–H and O–H groups in total. The van der Waals surface area contributed by atoms with E-state index in [1.165, 1.54) is 36.1 Å². The summed E-state index contributed by atoms with van der Waals surface area (Å²) in [6.07, 6.45) is 8.82. The average molecular weight is 492 g/mol. The van der Waals surface area contributed by atoms with E-state index in [2.05, 4.69) is 13.8 Å². The number of rotatable bonds is 12. The third-order valence-electron chi connectivity index (χ3n) is 6.10. The fourth-order valence-electron chi connectivity index (χ4n) is 4.03. The molecule has 0 saturated carbocycles. The second-order valence-corrected chi connectivity index (χ2v) is 9.16. The van der Waals surface area contributed by atoms with Crippen LogP contribution < -0.4 is 9.84 Å². The van der Waals surface area contributed by atoms with E-state index in [-0.39, 0.29) is 16.3 Å². The molecule has 0 saturated heterocycles. The quantitative estimate of drug-likeness (QED) is 0.154. The topological polar surface area (TPSA) is 66.4 Å². The maximum atomic E-state index is 12.9. The number of aromatic carboxylic acids is 1. The van der Waals surface area contributed by atoms with E-state index < -0.39 is 11.9 Å². The monoisotopic (exact) mass is 491 g/mol. The van der Waals surface area contributed by atoms with Crippen LogP contribution in [0.4, 0.5) is 0 Å². The number of hydrogen-bond donors (Lipinski definition) is 0. The van der Waals surface area contributed by atoms with Gasteiger partial charge < -0.3 is 14.6 Å². The van der Waals surface area contributed by atoms with Gasteiger partial charge in [0.15, 0.2) is 0 Å². The molecule has 184 valence electrons. The highest BCUT2D eigenvalue weighted by molar-refractivity contribution is 6.36. The molecule has 0 heterocycles. The van der Waals surface area contributed by atoms with Gasteiger partial charge in [-0.2, -0.15) is 0 Å². The number of aryl methyl sites for hydroxylation is 2. The van der Waals surface area contributed by atoms with Crippen molar-refractivity contribution in [2.75, 3.05) is 0 Å². The molecule has 0 bridgehead atoms. The summed E-state index contributed by atoms with van der Waals surface area (Å²) < 4.78 is 5.71. The molecule has 0 fully saturated rings. The summed E-state index contributed by atoms with van der Waals surface area (Å²) in [6, 6.07) is 17.9. The van der Waals surface area contributed by atoms with Crippen LogP contribution in [0.3, 0.4) is 0 Å². The molecule has 5 heteroatoms. The van der Waals surface area contributed by atoms with Gasteiger partial charge in [-0.1, -0.05) is 87.5 Å². The third kappa shape index (κ3) is 7.19. The Labute approximate surface area is 212 Å². The van der Waals surface area contributed by atoms with Gasteiger partial charge in [0.1, 0.15) is 5.75 Å². The Hall–Kier alpha value is -3.11. The first-order chi connectivity index (χ1) is 16.9. The Morgan fingerprint density at radius 3 is 1.83 bits per heavy atom. The standard InChI is InChI=1S/C30H33ClO4/c1-3-5-7-9-21-11-15-23(16-12-21)27-26(20-19-25(28(27)31)29(32)33)35-30(34)24-17-13-22(14-18-24)10-8-6-4-2/h11-20H,3-10H2,1-2H3,(H,32,33)/p-1. The maximum Gasteiger partial charge on any atom is 0.343 e. The van der Waals surface area contributed by atoms with Crippen LogP contribution in [0.5, 0.6) is 5.75 Å². The molecule has 4 nitrogen and oxygen atoms in total. The first-order valence-corrected chi connectivity index (χ1v) is 12.8. The number of unbranched alkanes of at least 4 members (excludes halogenated alkanes) is 4. The van der Waals surface area contributed by atoms with Gasteiger partial charge in [0, 0.05) is 11.1 Å². The smallest absolute Gasteiger partial charge is 0.343 e. The lowest BCUT2D eigenvalue weighted by molar-refractivity contribution is -0.255. The predicted octanol–water partition coefficient (Wildman–Crippen LogP) is 7.06. The number of hydrogen-bond acceptors (Lipinski definition) is 4. The first kappa shape index (κ1) is 26.5. The van der Waals surface area contributed by atoms with Crippen LogP contribution in [0.2, 0.25) is 5.02 Å². The highest BCUT2D eigenvalue weighted by atomic mass is 35.5. The Kier molecular flexibility index (Phi) is 9.92. The Morgan fingerprint density at radius 1 is 0.771 bits per heavy atom. The van der Waals surface area contributed by atoms with Crippen molar-refractivity contribution in [3.8, 4) is 16.9 Å². The molecule has 3 aromatic carbocycles. The van der Waals surface area contributed by atoms with E-state index in [0.29, 0.717) is 16.7 Å². The number of carboxylic acid groups (broad SMARTS) is 1. The Bertz CT molecular complexity index is 1130. The minimum Gasteiger partial charge on any atom is -0.545 e. The molecule has 0 unspecified atom stereocenters. The zero-order chi connectivity index (χ0) is 25.2. The predicted molar refractivity (Wildman–Crippen MR) is 139 cm³/mol. The van der Waals surface area contributed by atoms with Crippen molar-refractivity contribution in [1.29, 1.82) is 0 Å². The van der Waals surface area contributed by atoms with Crippen LogP contribution in [0.1, 0.15) is 84.2 Å². The summed E-state index contributed by atoms with van der Waals surface area (Å²) in [5.74, 6) is -1.71. The van der Waals surface area contributed by atoms with Gasteiger partial charge in [0.25, 0.3) is 0 Å². The number of ether oxygens (including phenoxy) is 1. The number of benzene rings is 3. The molecule has 0 aliphatic rings. The van der Waals surface area contributed by atoms with Gasteiger partial charge in [0.2, 0.25) is 0 Å². The summed E-state index contributed by atoms with van der Waals surface area (Å²) in [7, 11) is 0. The molecule has 35 heavy (non-hydrogen) atoms. The summed E-state index contributed by atoms with van der Waals surface area (Å²) in [5, 5.41) is 11.6. The summed E-state index contributed by atoms with van der Waals surface area (Å²) in [4.78, 5) is 24.5. The molecule has 3 rings (SSSR count). The SMILES string of the molecule is CCCCCc1ccc(C(=O)Oc2ccc(C(=O)[O-])c(Cl)c2-c2ccc(CCCCC)cc2)cc1. The fourth-order valence-corrected chi connectivity index (χ4v) is 4.38. The molecule has 0 amide bonds. The van der Waals surface area contributed by atoms with Gasteiger partial charge in [-0.15, -0.1) is 0 Å².